The van der Waals surface area contributed by atoms with E-state index in [1.165, 1.54) is 51.4 Å². The highest BCUT2D eigenvalue weighted by molar-refractivity contribution is 7.74. The fourth-order valence-electron chi connectivity index (χ4n) is 7.30. The van der Waals surface area contributed by atoms with Gasteiger partial charge in [-0.2, -0.15) is 0 Å². The summed E-state index contributed by atoms with van der Waals surface area (Å²) in [7, 11) is -0.824. The molecule has 0 bridgehead atoms. The van der Waals surface area contributed by atoms with Crippen molar-refractivity contribution in [3.63, 3.8) is 0 Å². The molecule has 38 heavy (non-hydrogen) atoms. The van der Waals surface area contributed by atoms with Crippen molar-refractivity contribution in [3.05, 3.63) is 121 Å². The van der Waals surface area contributed by atoms with E-state index in [1.54, 1.807) is 21.2 Å². The molecule has 0 aliphatic heterocycles. The molecule has 0 unspecified atom stereocenters. The summed E-state index contributed by atoms with van der Waals surface area (Å²) < 4.78 is 0. The zero-order valence-corrected chi connectivity index (χ0v) is 24.2. The van der Waals surface area contributed by atoms with Crippen molar-refractivity contribution < 1.29 is 0 Å². The van der Waals surface area contributed by atoms with Crippen molar-refractivity contribution in [2.75, 3.05) is 0 Å². The van der Waals surface area contributed by atoms with Gasteiger partial charge in [0.15, 0.2) is 0 Å². The van der Waals surface area contributed by atoms with Gasteiger partial charge in [0.05, 0.1) is 0 Å². The molecule has 2 aliphatic rings. The largest absolute Gasteiger partial charge is 0.0622 e. The predicted molar refractivity (Wildman–Crippen MR) is 170 cm³/mol. The fourth-order valence-corrected chi connectivity index (χ4v) is 14.1. The van der Waals surface area contributed by atoms with E-state index in [2.05, 4.69) is 121 Å². The van der Waals surface area contributed by atoms with Crippen molar-refractivity contribution in [1.29, 1.82) is 0 Å². The fraction of sp³-hybridized carbons (Fsp3) is 0.333. The summed E-state index contributed by atoms with van der Waals surface area (Å²) in [6.45, 7) is 0. The molecule has 0 N–H and O–H groups in total. The zero-order valence-electron chi connectivity index (χ0n) is 22.4. The zero-order chi connectivity index (χ0) is 25.6. The third-order valence-corrected chi connectivity index (χ3v) is 15.0. The lowest BCUT2D eigenvalue weighted by molar-refractivity contribution is 0.300. The molecule has 3 atom stereocenters. The average molecular weight is 535 g/mol. The Morgan fingerprint density at radius 3 is 1.37 bits per heavy atom. The number of rotatable bonds is 8. The maximum Gasteiger partial charge on any atom is -0.00659 e. The summed E-state index contributed by atoms with van der Waals surface area (Å²) >= 11 is 0. The highest BCUT2D eigenvalue weighted by Gasteiger charge is 2.45. The van der Waals surface area contributed by atoms with Crippen molar-refractivity contribution in [3.8, 4) is 0 Å². The van der Waals surface area contributed by atoms with Gasteiger partial charge in [-0.05, 0) is 85.9 Å². The molecule has 0 aromatic heterocycles. The Bertz CT molecular complexity index is 1160. The van der Waals surface area contributed by atoms with Gasteiger partial charge in [-0.15, -0.1) is 0 Å². The minimum absolute atomic E-state index is 0.397. The summed E-state index contributed by atoms with van der Waals surface area (Å²) in [6, 6.07) is 46.3. The van der Waals surface area contributed by atoms with Gasteiger partial charge in [-0.1, -0.05) is 147 Å². The number of hydrogen-bond acceptors (Lipinski definition) is 0. The first kappa shape index (κ1) is 26.0. The minimum Gasteiger partial charge on any atom is -0.0622 e. The van der Waals surface area contributed by atoms with Crippen molar-refractivity contribution in [2.45, 2.75) is 62.7 Å². The first-order chi connectivity index (χ1) is 18.9. The molecule has 6 rings (SSSR count). The van der Waals surface area contributed by atoms with E-state index in [9.17, 15) is 0 Å². The van der Waals surface area contributed by atoms with Crippen LogP contribution in [0, 0.1) is 11.8 Å². The van der Waals surface area contributed by atoms with Gasteiger partial charge in [0, 0.05) is 0 Å². The van der Waals surface area contributed by atoms with Crippen LogP contribution in [0.5, 0.6) is 0 Å². The van der Waals surface area contributed by atoms with Crippen LogP contribution in [0.4, 0.5) is 0 Å². The molecule has 4 aromatic carbocycles. The molecule has 0 radical (unpaired) electrons. The lowest BCUT2D eigenvalue weighted by Crippen LogP contribution is -2.39. The first-order valence-electron chi connectivity index (χ1n) is 14.7. The molecule has 0 nitrogen and oxygen atoms in total. The highest BCUT2D eigenvalue weighted by atomic mass is 31.1. The van der Waals surface area contributed by atoms with Gasteiger partial charge in [0.2, 0.25) is 0 Å². The van der Waals surface area contributed by atoms with Crippen LogP contribution >= 0.6 is 15.8 Å². The Hall–Kier alpha value is -2.26. The Balaban J connectivity index is 1.47. The minimum atomic E-state index is -0.427. The summed E-state index contributed by atoms with van der Waals surface area (Å²) in [6.07, 6.45) is 11.2. The molecule has 2 heteroatoms. The van der Waals surface area contributed by atoms with Crippen molar-refractivity contribution in [1.82, 2.24) is 0 Å². The molecule has 0 amide bonds. The normalized spacial score (nSPS) is 21.1. The van der Waals surface area contributed by atoms with Crippen LogP contribution < -0.4 is 21.2 Å². The molecule has 0 heterocycles. The lowest BCUT2D eigenvalue weighted by atomic mass is 9.81. The molecular weight excluding hydrogens is 494 g/mol. The van der Waals surface area contributed by atoms with Crippen LogP contribution in [0.15, 0.2) is 121 Å². The molecule has 2 fully saturated rings. The topological polar surface area (TPSA) is 0 Å². The second kappa shape index (κ2) is 12.7. The monoisotopic (exact) mass is 534 g/mol. The van der Waals surface area contributed by atoms with E-state index in [1.807, 2.05) is 0 Å². The maximum atomic E-state index is 2.44. The highest BCUT2D eigenvalue weighted by Crippen LogP contribution is 2.59. The van der Waals surface area contributed by atoms with Crippen LogP contribution in [0.2, 0.25) is 0 Å². The summed E-state index contributed by atoms with van der Waals surface area (Å²) in [5.41, 5.74) is 1.50. The van der Waals surface area contributed by atoms with Crippen LogP contribution in [-0.2, 0) is 0 Å². The summed E-state index contributed by atoms with van der Waals surface area (Å²) in [4.78, 5) is 0. The number of hydrogen-bond donors (Lipinski definition) is 0. The third kappa shape index (κ3) is 5.69. The second-order valence-corrected chi connectivity index (χ2v) is 15.9. The van der Waals surface area contributed by atoms with E-state index in [4.69, 9.17) is 0 Å². The van der Waals surface area contributed by atoms with Crippen molar-refractivity contribution in [2.24, 2.45) is 11.8 Å². The van der Waals surface area contributed by atoms with E-state index >= 15 is 0 Å². The molecule has 2 saturated carbocycles. The van der Waals surface area contributed by atoms with Gasteiger partial charge in [0.25, 0.3) is 0 Å². The van der Waals surface area contributed by atoms with E-state index < -0.39 is 15.8 Å². The SMILES string of the molecule is c1ccc(P(c2ccccc2)[C@@H]2CCC[C@@H]2[C@H](C2CCCCC2)P(c2ccccc2)c2ccccc2)cc1. The average Bonchev–Trinajstić information content (AvgIpc) is 3.47. The molecule has 4 aromatic rings. The standard InChI is InChI=1S/C36H40P2/c1-6-17-29(18-7-1)36(38(32-23-12-4-13-24-32)33-25-14-5-15-26-33)34-27-16-28-35(34)37(30-19-8-2-9-20-30)31-21-10-3-11-22-31/h2-5,8-15,19-26,29,34-36H,1,6-7,16-18,27-28H2/t34-,35+,36-/m0/s1. The van der Waals surface area contributed by atoms with Gasteiger partial charge in [0.1, 0.15) is 0 Å². The Morgan fingerprint density at radius 1 is 0.447 bits per heavy atom. The lowest BCUT2D eigenvalue weighted by Gasteiger charge is -2.44. The third-order valence-electron chi connectivity index (χ3n) is 8.87. The molecule has 194 valence electrons. The number of benzene rings is 4. The summed E-state index contributed by atoms with van der Waals surface area (Å²) in [5.74, 6) is 1.61. The Kier molecular flexibility index (Phi) is 8.71. The Labute approximate surface area is 232 Å². The van der Waals surface area contributed by atoms with Gasteiger partial charge < -0.3 is 0 Å². The molecular formula is C36H40P2. The summed E-state index contributed by atoms with van der Waals surface area (Å²) in [5, 5.41) is 6.30. The van der Waals surface area contributed by atoms with Crippen molar-refractivity contribution >= 4 is 37.1 Å². The van der Waals surface area contributed by atoms with Gasteiger partial charge in [-0.25, -0.2) is 0 Å². The van der Waals surface area contributed by atoms with Gasteiger partial charge in [-0.3, -0.25) is 0 Å². The van der Waals surface area contributed by atoms with Crippen LogP contribution in [0.3, 0.4) is 0 Å². The first-order valence-corrected chi connectivity index (χ1v) is 17.5. The van der Waals surface area contributed by atoms with Crippen LogP contribution in [0.25, 0.3) is 0 Å². The Morgan fingerprint density at radius 2 is 0.895 bits per heavy atom. The predicted octanol–water partition coefficient (Wildman–Crippen LogP) is 8.37. The van der Waals surface area contributed by atoms with E-state index in [0.717, 1.165) is 23.2 Å². The second-order valence-electron chi connectivity index (χ2n) is 11.1. The molecule has 0 spiro atoms. The molecule has 2 aliphatic carbocycles. The molecule has 0 saturated heterocycles. The van der Waals surface area contributed by atoms with E-state index in [-0.39, 0.29) is 0 Å². The van der Waals surface area contributed by atoms with Crippen LogP contribution in [0.1, 0.15) is 51.4 Å². The quantitative estimate of drug-likeness (QED) is 0.199. The smallest absolute Gasteiger partial charge is 0.00659 e. The van der Waals surface area contributed by atoms with Crippen LogP contribution in [-0.4, -0.2) is 11.3 Å². The van der Waals surface area contributed by atoms with E-state index in [0.29, 0.717) is 0 Å². The maximum absolute atomic E-state index is 2.44. The van der Waals surface area contributed by atoms with Gasteiger partial charge >= 0.3 is 0 Å².